The van der Waals surface area contributed by atoms with Crippen LogP contribution in [0.2, 0.25) is 0 Å². The van der Waals surface area contributed by atoms with Gasteiger partial charge >= 0.3 is 5.69 Å². The van der Waals surface area contributed by atoms with Gasteiger partial charge in [0, 0.05) is 18.8 Å². The molecule has 0 saturated carbocycles. The predicted molar refractivity (Wildman–Crippen MR) is 76.5 cm³/mol. The van der Waals surface area contributed by atoms with Crippen molar-refractivity contribution in [2.24, 2.45) is 5.73 Å². The number of hydrogen-bond acceptors (Lipinski definition) is 4. The fourth-order valence-corrected chi connectivity index (χ4v) is 2.12. The van der Waals surface area contributed by atoms with Gasteiger partial charge in [0.15, 0.2) is 0 Å². The van der Waals surface area contributed by atoms with Gasteiger partial charge in [0.1, 0.15) is 0 Å². The maximum atomic E-state index is 11.2. The zero-order valence-electron chi connectivity index (χ0n) is 11.0. The van der Waals surface area contributed by atoms with Gasteiger partial charge in [-0.05, 0) is 37.6 Å². The topological polar surface area (TPSA) is 95.9 Å². The Labute approximate surface area is 111 Å². The molecule has 6 nitrogen and oxygen atoms in total. The molecule has 1 unspecified atom stereocenters. The number of aromatic amines is 2. The van der Waals surface area contributed by atoms with Gasteiger partial charge in [-0.2, -0.15) is 0 Å². The number of H-pyrrole nitrogens is 2. The van der Waals surface area contributed by atoms with Crippen molar-refractivity contribution in [1.82, 2.24) is 9.97 Å². The molecule has 2 rings (SSSR count). The van der Waals surface area contributed by atoms with Crippen LogP contribution >= 0.6 is 0 Å². The Balaban J connectivity index is 2.11. The monoisotopic (exact) mass is 264 g/mol. The maximum absolute atomic E-state index is 11.2. The number of nitrogens with one attached hydrogen (secondary N) is 3. The molecule has 0 aliphatic heterocycles. The van der Waals surface area contributed by atoms with E-state index in [1.54, 1.807) is 7.11 Å². The Morgan fingerprint density at radius 2 is 2.16 bits per heavy atom. The van der Waals surface area contributed by atoms with Crippen molar-refractivity contribution in [2.75, 3.05) is 25.6 Å². The van der Waals surface area contributed by atoms with E-state index in [4.69, 9.17) is 10.5 Å². The molecule has 0 amide bonds. The number of imidazole rings is 1. The van der Waals surface area contributed by atoms with Crippen LogP contribution in [0.3, 0.4) is 0 Å². The first kappa shape index (κ1) is 13.6. The van der Waals surface area contributed by atoms with Crippen molar-refractivity contribution in [2.45, 2.75) is 18.9 Å². The van der Waals surface area contributed by atoms with Gasteiger partial charge in [-0.25, -0.2) is 4.79 Å². The second-order valence-corrected chi connectivity index (χ2v) is 4.57. The number of methoxy groups -OCH3 is 1. The number of benzene rings is 1. The summed E-state index contributed by atoms with van der Waals surface area (Å²) >= 11 is 0. The number of nitrogens with two attached hydrogens (primary N) is 1. The first-order valence-corrected chi connectivity index (χ1v) is 6.40. The molecule has 0 spiro atoms. The summed E-state index contributed by atoms with van der Waals surface area (Å²) in [7, 11) is 1.68. The van der Waals surface area contributed by atoms with E-state index in [0.717, 1.165) is 29.6 Å². The van der Waals surface area contributed by atoms with Crippen LogP contribution in [0.15, 0.2) is 23.0 Å². The van der Waals surface area contributed by atoms with E-state index >= 15 is 0 Å². The highest BCUT2D eigenvalue weighted by molar-refractivity contribution is 5.78. The second-order valence-electron chi connectivity index (χ2n) is 4.57. The summed E-state index contributed by atoms with van der Waals surface area (Å²) in [6.07, 6.45) is 1.90. The van der Waals surface area contributed by atoms with Gasteiger partial charge in [0.05, 0.1) is 17.6 Å². The van der Waals surface area contributed by atoms with Crippen molar-refractivity contribution < 1.29 is 4.74 Å². The highest BCUT2D eigenvalue weighted by Crippen LogP contribution is 2.16. The summed E-state index contributed by atoms with van der Waals surface area (Å²) in [5.41, 5.74) is 7.90. The zero-order valence-corrected chi connectivity index (χ0v) is 11.0. The van der Waals surface area contributed by atoms with Crippen LogP contribution in [0.25, 0.3) is 11.0 Å². The number of fused-ring (bicyclic) bond motifs is 1. The summed E-state index contributed by atoms with van der Waals surface area (Å²) in [5, 5.41) is 3.40. The predicted octanol–water partition coefficient (Wildman–Crippen LogP) is 1.02. The van der Waals surface area contributed by atoms with Gasteiger partial charge in [-0.3, -0.25) is 0 Å². The Morgan fingerprint density at radius 3 is 2.89 bits per heavy atom. The highest BCUT2D eigenvalue weighted by Gasteiger charge is 2.08. The van der Waals surface area contributed by atoms with Gasteiger partial charge in [0.2, 0.25) is 0 Å². The quantitative estimate of drug-likeness (QED) is 0.600. The molecule has 0 fully saturated rings. The Hall–Kier alpha value is -1.79. The average Bonchev–Trinajstić information content (AvgIpc) is 2.75. The zero-order chi connectivity index (χ0) is 13.7. The molecule has 0 aliphatic rings. The van der Waals surface area contributed by atoms with E-state index in [2.05, 4.69) is 15.3 Å². The van der Waals surface area contributed by atoms with Gasteiger partial charge < -0.3 is 25.8 Å². The van der Waals surface area contributed by atoms with E-state index in [-0.39, 0.29) is 11.7 Å². The van der Waals surface area contributed by atoms with E-state index in [1.807, 2.05) is 18.2 Å². The van der Waals surface area contributed by atoms with Crippen LogP contribution in [0, 0.1) is 0 Å². The van der Waals surface area contributed by atoms with E-state index < -0.39 is 0 Å². The molecule has 0 radical (unpaired) electrons. The molecule has 104 valence electrons. The molecule has 0 bridgehead atoms. The molecular formula is C13H20N4O2. The Kier molecular flexibility index (Phi) is 4.59. The van der Waals surface area contributed by atoms with Crippen LogP contribution in [-0.4, -0.2) is 36.3 Å². The molecule has 0 aliphatic carbocycles. The average molecular weight is 264 g/mol. The third-order valence-electron chi connectivity index (χ3n) is 3.01. The molecule has 6 heteroatoms. The van der Waals surface area contributed by atoms with Crippen LogP contribution in [0.5, 0.6) is 0 Å². The summed E-state index contributed by atoms with van der Waals surface area (Å²) < 4.78 is 5.20. The molecule has 0 saturated heterocycles. The minimum Gasteiger partial charge on any atom is -0.383 e. The van der Waals surface area contributed by atoms with Gasteiger partial charge in [-0.1, -0.05) is 0 Å². The minimum absolute atomic E-state index is 0.191. The fourth-order valence-electron chi connectivity index (χ4n) is 2.12. The standard InChI is InChI=1S/C13H20N4O2/c1-19-8-10(3-2-6-14)15-9-4-5-11-12(7-9)17-13(18)16-11/h4-5,7,10,15H,2-3,6,8,14H2,1H3,(H2,16,17,18). The number of hydrogen-bond donors (Lipinski definition) is 4. The normalized spacial score (nSPS) is 12.7. The number of ether oxygens (including phenoxy) is 1. The lowest BCUT2D eigenvalue weighted by atomic mass is 10.1. The second kappa shape index (κ2) is 6.40. The lowest BCUT2D eigenvalue weighted by Gasteiger charge is -2.18. The molecule has 1 heterocycles. The van der Waals surface area contributed by atoms with E-state index in [1.165, 1.54) is 0 Å². The van der Waals surface area contributed by atoms with Crippen molar-refractivity contribution in [3.05, 3.63) is 28.7 Å². The SMILES string of the molecule is COCC(CCCN)Nc1ccc2[nH]c(=O)[nH]c2c1. The number of rotatable bonds is 7. The molecule has 19 heavy (non-hydrogen) atoms. The Bertz CT molecular complexity index is 575. The molecule has 2 aromatic rings. The highest BCUT2D eigenvalue weighted by atomic mass is 16.5. The smallest absolute Gasteiger partial charge is 0.323 e. The fraction of sp³-hybridized carbons (Fsp3) is 0.462. The van der Waals surface area contributed by atoms with Crippen LogP contribution in [-0.2, 0) is 4.74 Å². The summed E-state index contributed by atoms with van der Waals surface area (Å²) in [5.74, 6) is 0. The molecular weight excluding hydrogens is 244 g/mol. The molecule has 1 aromatic carbocycles. The van der Waals surface area contributed by atoms with Crippen molar-refractivity contribution in [3.63, 3.8) is 0 Å². The van der Waals surface area contributed by atoms with Gasteiger partial charge in [0.25, 0.3) is 0 Å². The lowest BCUT2D eigenvalue weighted by Crippen LogP contribution is -2.25. The van der Waals surface area contributed by atoms with Crippen molar-refractivity contribution in [1.29, 1.82) is 0 Å². The number of aromatic nitrogens is 2. The van der Waals surface area contributed by atoms with Gasteiger partial charge in [-0.15, -0.1) is 0 Å². The van der Waals surface area contributed by atoms with Crippen LogP contribution in [0.4, 0.5) is 5.69 Å². The summed E-state index contributed by atoms with van der Waals surface area (Å²) in [6.45, 7) is 1.30. The molecule has 1 aromatic heterocycles. The third kappa shape index (κ3) is 3.59. The lowest BCUT2D eigenvalue weighted by molar-refractivity contribution is 0.182. The number of anilines is 1. The summed E-state index contributed by atoms with van der Waals surface area (Å²) in [4.78, 5) is 16.7. The maximum Gasteiger partial charge on any atom is 0.323 e. The summed E-state index contributed by atoms with van der Waals surface area (Å²) in [6, 6.07) is 5.95. The third-order valence-corrected chi connectivity index (χ3v) is 3.01. The minimum atomic E-state index is -0.191. The van der Waals surface area contributed by atoms with Crippen LogP contribution < -0.4 is 16.7 Å². The van der Waals surface area contributed by atoms with E-state index in [9.17, 15) is 4.79 Å². The largest absolute Gasteiger partial charge is 0.383 e. The first-order chi connectivity index (χ1) is 9.22. The Morgan fingerprint density at radius 1 is 1.37 bits per heavy atom. The van der Waals surface area contributed by atoms with E-state index in [0.29, 0.717) is 13.2 Å². The first-order valence-electron chi connectivity index (χ1n) is 6.40. The molecule has 1 atom stereocenters. The van der Waals surface area contributed by atoms with Crippen LogP contribution in [0.1, 0.15) is 12.8 Å². The van der Waals surface area contributed by atoms with Crippen molar-refractivity contribution >= 4 is 16.7 Å². The molecule has 5 N–H and O–H groups in total. The van der Waals surface area contributed by atoms with Crippen molar-refractivity contribution in [3.8, 4) is 0 Å².